The van der Waals surface area contributed by atoms with E-state index in [4.69, 9.17) is 5.11 Å². The summed E-state index contributed by atoms with van der Waals surface area (Å²) < 4.78 is 13.6. The van der Waals surface area contributed by atoms with E-state index in [1.54, 1.807) is 13.8 Å². The van der Waals surface area contributed by atoms with Gasteiger partial charge in [-0.2, -0.15) is 0 Å². The van der Waals surface area contributed by atoms with Gasteiger partial charge in [-0.15, -0.1) is 0 Å². The Labute approximate surface area is 64.6 Å². The van der Waals surface area contributed by atoms with Gasteiger partial charge in [0.2, 0.25) is 5.67 Å². The molecule has 0 aromatic rings. The normalized spacial score (nSPS) is 35.5. The summed E-state index contributed by atoms with van der Waals surface area (Å²) >= 11 is 0. The highest BCUT2D eigenvalue weighted by Crippen LogP contribution is 2.37. The van der Waals surface area contributed by atoms with Crippen LogP contribution in [0.25, 0.3) is 0 Å². The van der Waals surface area contributed by atoms with Crippen LogP contribution in [0.4, 0.5) is 4.39 Å². The standard InChI is InChI=1S/C7H12FNO2/c1-6(2)3-9-4-7(6,8)5(10)11/h9H,3-4H2,1-2H3,(H,10,11)/t7-/m1/s1. The molecule has 1 saturated heterocycles. The summed E-state index contributed by atoms with van der Waals surface area (Å²) in [5, 5.41) is 11.3. The highest BCUT2D eigenvalue weighted by molar-refractivity contribution is 5.79. The number of alkyl halides is 1. The second-order valence-corrected chi connectivity index (χ2v) is 3.59. The van der Waals surface area contributed by atoms with Gasteiger partial charge in [-0.1, -0.05) is 13.8 Å². The molecule has 0 aromatic carbocycles. The smallest absolute Gasteiger partial charge is 0.343 e. The van der Waals surface area contributed by atoms with Gasteiger partial charge in [0.1, 0.15) is 0 Å². The molecule has 3 nitrogen and oxygen atoms in total. The largest absolute Gasteiger partial charge is 0.479 e. The molecule has 1 fully saturated rings. The summed E-state index contributed by atoms with van der Waals surface area (Å²) in [4.78, 5) is 10.5. The Kier molecular flexibility index (Phi) is 1.67. The molecule has 4 heteroatoms. The van der Waals surface area contributed by atoms with Crippen LogP contribution < -0.4 is 5.32 Å². The van der Waals surface area contributed by atoms with Gasteiger partial charge in [0, 0.05) is 18.5 Å². The third-order valence-corrected chi connectivity index (χ3v) is 2.35. The SMILES string of the molecule is CC1(C)CNC[C@@]1(F)C(=O)O. The number of aliphatic carboxylic acids is 1. The van der Waals surface area contributed by atoms with E-state index in [-0.39, 0.29) is 6.54 Å². The summed E-state index contributed by atoms with van der Waals surface area (Å²) in [6.45, 7) is 3.55. The molecule has 1 rings (SSSR count). The maximum Gasteiger partial charge on any atom is 0.343 e. The van der Waals surface area contributed by atoms with Crippen molar-refractivity contribution in [3.8, 4) is 0 Å². The lowest BCUT2D eigenvalue weighted by molar-refractivity contribution is -0.155. The summed E-state index contributed by atoms with van der Waals surface area (Å²) in [5.41, 5.74) is -2.91. The van der Waals surface area contributed by atoms with Crippen molar-refractivity contribution in [1.29, 1.82) is 0 Å². The van der Waals surface area contributed by atoms with E-state index in [9.17, 15) is 9.18 Å². The van der Waals surface area contributed by atoms with Crippen LogP contribution in [0.1, 0.15) is 13.8 Å². The number of carboxylic acids is 1. The van der Waals surface area contributed by atoms with Crippen LogP contribution >= 0.6 is 0 Å². The Balaban J connectivity index is 2.93. The number of carbonyl (C=O) groups is 1. The average molecular weight is 161 g/mol. The van der Waals surface area contributed by atoms with Crippen molar-refractivity contribution in [2.24, 2.45) is 5.41 Å². The lowest BCUT2D eigenvalue weighted by Gasteiger charge is -2.28. The highest BCUT2D eigenvalue weighted by Gasteiger charge is 2.55. The zero-order valence-electron chi connectivity index (χ0n) is 6.65. The zero-order valence-corrected chi connectivity index (χ0v) is 6.65. The molecule has 1 aliphatic heterocycles. The van der Waals surface area contributed by atoms with E-state index in [1.807, 2.05) is 0 Å². The van der Waals surface area contributed by atoms with Gasteiger partial charge in [-0.3, -0.25) is 0 Å². The highest BCUT2D eigenvalue weighted by atomic mass is 19.1. The van der Waals surface area contributed by atoms with E-state index in [0.717, 1.165) is 0 Å². The van der Waals surface area contributed by atoms with Crippen molar-refractivity contribution >= 4 is 5.97 Å². The number of rotatable bonds is 1. The van der Waals surface area contributed by atoms with Gasteiger partial charge in [0.05, 0.1) is 0 Å². The van der Waals surface area contributed by atoms with E-state index >= 15 is 0 Å². The minimum atomic E-state index is -2.10. The van der Waals surface area contributed by atoms with Gasteiger partial charge in [-0.25, -0.2) is 9.18 Å². The second-order valence-electron chi connectivity index (χ2n) is 3.59. The Morgan fingerprint density at radius 3 is 2.27 bits per heavy atom. The first-order valence-electron chi connectivity index (χ1n) is 3.53. The van der Waals surface area contributed by atoms with Gasteiger partial charge < -0.3 is 10.4 Å². The van der Waals surface area contributed by atoms with Crippen LogP contribution in [0.5, 0.6) is 0 Å². The number of halogens is 1. The predicted molar refractivity (Wildman–Crippen MR) is 38.1 cm³/mol. The molecule has 1 heterocycles. The zero-order chi connectivity index (χ0) is 8.70. The Bertz CT molecular complexity index is 193. The van der Waals surface area contributed by atoms with Gasteiger partial charge in [-0.05, 0) is 0 Å². The molecule has 0 aliphatic carbocycles. The number of hydrogen-bond acceptors (Lipinski definition) is 2. The topological polar surface area (TPSA) is 49.3 Å². The predicted octanol–water partition coefficient (Wildman–Crippen LogP) is 0.409. The Morgan fingerprint density at radius 1 is 1.55 bits per heavy atom. The van der Waals surface area contributed by atoms with Crippen molar-refractivity contribution < 1.29 is 14.3 Å². The van der Waals surface area contributed by atoms with Crippen molar-refractivity contribution in [1.82, 2.24) is 5.32 Å². The molecule has 64 valence electrons. The molecule has 0 saturated carbocycles. The molecule has 1 atom stereocenters. The van der Waals surface area contributed by atoms with Gasteiger partial charge in [0.15, 0.2) is 0 Å². The molecular weight excluding hydrogens is 149 g/mol. The van der Waals surface area contributed by atoms with Crippen LogP contribution in [0.15, 0.2) is 0 Å². The molecule has 0 amide bonds. The second kappa shape index (κ2) is 2.17. The minimum absolute atomic E-state index is 0.0880. The Morgan fingerprint density at radius 2 is 2.09 bits per heavy atom. The van der Waals surface area contributed by atoms with Gasteiger partial charge in [0.25, 0.3) is 0 Å². The number of hydrogen-bond donors (Lipinski definition) is 2. The van der Waals surface area contributed by atoms with E-state index in [2.05, 4.69) is 5.32 Å². The molecule has 0 spiro atoms. The lowest BCUT2D eigenvalue weighted by Crippen LogP contribution is -2.46. The van der Waals surface area contributed by atoms with Crippen LogP contribution in [0.3, 0.4) is 0 Å². The van der Waals surface area contributed by atoms with Crippen molar-refractivity contribution in [2.45, 2.75) is 19.5 Å². The molecule has 0 aromatic heterocycles. The molecule has 0 radical (unpaired) electrons. The molecule has 11 heavy (non-hydrogen) atoms. The van der Waals surface area contributed by atoms with Crippen molar-refractivity contribution in [3.63, 3.8) is 0 Å². The monoisotopic (exact) mass is 161 g/mol. The minimum Gasteiger partial charge on any atom is -0.479 e. The first-order chi connectivity index (χ1) is 4.90. The molecule has 0 bridgehead atoms. The number of nitrogens with one attached hydrogen (secondary N) is 1. The Hall–Kier alpha value is -0.640. The first-order valence-corrected chi connectivity index (χ1v) is 3.53. The summed E-state index contributed by atoms with van der Waals surface area (Å²) in [6.07, 6.45) is 0. The third kappa shape index (κ3) is 1.01. The van der Waals surface area contributed by atoms with Crippen molar-refractivity contribution in [3.05, 3.63) is 0 Å². The lowest BCUT2D eigenvalue weighted by atomic mass is 9.79. The van der Waals surface area contributed by atoms with Crippen LogP contribution in [0, 0.1) is 5.41 Å². The summed E-state index contributed by atoms with van der Waals surface area (Å²) in [7, 11) is 0. The van der Waals surface area contributed by atoms with E-state index in [0.29, 0.717) is 6.54 Å². The maximum absolute atomic E-state index is 13.6. The average Bonchev–Trinajstić information content (AvgIpc) is 2.09. The first kappa shape index (κ1) is 8.46. The fourth-order valence-corrected chi connectivity index (χ4v) is 1.29. The molecule has 2 N–H and O–H groups in total. The number of carboxylic acid groups (broad SMARTS) is 1. The van der Waals surface area contributed by atoms with E-state index in [1.165, 1.54) is 0 Å². The van der Waals surface area contributed by atoms with Crippen LogP contribution in [0.2, 0.25) is 0 Å². The quantitative estimate of drug-likeness (QED) is 0.585. The summed E-state index contributed by atoms with van der Waals surface area (Å²) in [5.74, 6) is -1.37. The van der Waals surface area contributed by atoms with Crippen molar-refractivity contribution in [2.75, 3.05) is 13.1 Å². The third-order valence-electron chi connectivity index (χ3n) is 2.35. The fourth-order valence-electron chi connectivity index (χ4n) is 1.29. The molecule has 0 unspecified atom stereocenters. The fraction of sp³-hybridized carbons (Fsp3) is 0.857. The maximum atomic E-state index is 13.6. The van der Waals surface area contributed by atoms with Gasteiger partial charge >= 0.3 is 5.97 Å². The van der Waals surface area contributed by atoms with Crippen LogP contribution in [-0.2, 0) is 4.79 Å². The van der Waals surface area contributed by atoms with E-state index < -0.39 is 17.1 Å². The molecule has 1 aliphatic rings. The van der Waals surface area contributed by atoms with Crippen LogP contribution in [-0.4, -0.2) is 29.8 Å². The summed E-state index contributed by atoms with van der Waals surface area (Å²) in [6, 6.07) is 0. The molecular formula is C7H12FNO2.